The molecule has 1 aliphatic carbocycles. The number of alkyl halides is 3. The molecule has 2 bridgehead atoms. The van der Waals surface area contributed by atoms with Crippen LogP contribution in [0.4, 0.5) is 0 Å². The summed E-state index contributed by atoms with van der Waals surface area (Å²) in [6, 6.07) is 24.8. The third-order valence-electron chi connectivity index (χ3n) is 10.2. The monoisotopic (exact) mass is 698 g/mol. The van der Waals surface area contributed by atoms with E-state index >= 15 is 0 Å². The second-order valence-electron chi connectivity index (χ2n) is 15.0. The van der Waals surface area contributed by atoms with E-state index in [1.54, 1.807) is 0 Å². The molecule has 1 amide bonds. The minimum absolute atomic E-state index is 0.00838. The van der Waals surface area contributed by atoms with Crippen molar-refractivity contribution in [1.82, 2.24) is 10.2 Å². The van der Waals surface area contributed by atoms with Gasteiger partial charge in [0, 0.05) is 37.2 Å². The predicted octanol–water partition coefficient (Wildman–Crippen LogP) is 8.52. The lowest BCUT2D eigenvalue weighted by Gasteiger charge is -2.43. The van der Waals surface area contributed by atoms with E-state index < -0.39 is 16.0 Å². The number of likely N-dealkylation sites (tertiary alicyclic amines) is 1. The Morgan fingerprint density at radius 2 is 1.64 bits per heavy atom. The SMILES string of the molecule is C[C@H]1[C@@H](CN2CC3(C)CC2CC(C)(C)C3)O[C@@H](c2cccc(-c3cccc(CNC(=O)C(Cl)(Cl)Cl)c3)c2)O[C@H]1c1ccc(CO)cc1. The molecule has 9 heteroatoms. The summed E-state index contributed by atoms with van der Waals surface area (Å²) >= 11 is 17.2. The lowest BCUT2D eigenvalue weighted by atomic mass is 9.65. The number of rotatable bonds is 8. The van der Waals surface area contributed by atoms with Crippen LogP contribution in [-0.4, -0.2) is 44.9 Å². The van der Waals surface area contributed by atoms with Crippen LogP contribution >= 0.6 is 34.8 Å². The van der Waals surface area contributed by atoms with Gasteiger partial charge in [-0.05, 0) is 70.0 Å². The number of hydrogen-bond donors (Lipinski definition) is 2. The highest BCUT2D eigenvalue weighted by Gasteiger charge is 2.51. The van der Waals surface area contributed by atoms with E-state index in [-0.39, 0.29) is 31.3 Å². The lowest BCUT2D eigenvalue weighted by molar-refractivity contribution is -0.276. The van der Waals surface area contributed by atoms with E-state index in [4.69, 9.17) is 44.3 Å². The van der Waals surface area contributed by atoms with Crippen LogP contribution in [-0.2, 0) is 27.4 Å². The van der Waals surface area contributed by atoms with Crippen molar-refractivity contribution >= 4 is 40.7 Å². The molecule has 6 atom stereocenters. The number of halogens is 3. The van der Waals surface area contributed by atoms with Gasteiger partial charge in [0.25, 0.3) is 9.70 Å². The van der Waals surface area contributed by atoms with Crippen molar-refractivity contribution in [3.63, 3.8) is 0 Å². The first-order valence-corrected chi connectivity index (χ1v) is 17.6. The van der Waals surface area contributed by atoms with Gasteiger partial charge in [0.2, 0.25) is 0 Å². The molecule has 3 aromatic carbocycles. The van der Waals surface area contributed by atoms with Gasteiger partial charge in [0.1, 0.15) is 0 Å². The maximum absolute atomic E-state index is 12.1. The van der Waals surface area contributed by atoms with E-state index in [1.807, 2.05) is 42.5 Å². The van der Waals surface area contributed by atoms with Crippen LogP contribution < -0.4 is 5.32 Å². The van der Waals surface area contributed by atoms with Crippen molar-refractivity contribution in [2.75, 3.05) is 13.1 Å². The summed E-state index contributed by atoms with van der Waals surface area (Å²) in [4.78, 5) is 14.8. The van der Waals surface area contributed by atoms with E-state index in [2.05, 4.69) is 68.2 Å². The third kappa shape index (κ3) is 8.02. The topological polar surface area (TPSA) is 71.0 Å². The second kappa shape index (κ2) is 13.6. The first-order chi connectivity index (χ1) is 22.2. The highest BCUT2D eigenvalue weighted by atomic mass is 35.6. The molecule has 0 aromatic heterocycles. The minimum atomic E-state index is -2.01. The number of nitrogens with zero attached hydrogens (tertiary/aromatic N) is 1. The Labute approximate surface area is 293 Å². The van der Waals surface area contributed by atoms with Crippen LogP contribution in [0.5, 0.6) is 0 Å². The summed E-state index contributed by atoms with van der Waals surface area (Å²) in [5, 5.41) is 12.3. The fourth-order valence-corrected chi connectivity index (χ4v) is 8.56. The molecule has 252 valence electrons. The van der Waals surface area contributed by atoms with Gasteiger partial charge in [-0.2, -0.15) is 0 Å². The molecular formula is C38H45Cl3N2O4. The van der Waals surface area contributed by atoms with Crippen LogP contribution in [0.1, 0.15) is 81.6 Å². The molecule has 3 fully saturated rings. The smallest absolute Gasteiger partial charge is 0.272 e. The molecule has 3 aromatic rings. The zero-order valence-corrected chi connectivity index (χ0v) is 29.8. The predicted molar refractivity (Wildman–Crippen MR) is 188 cm³/mol. The van der Waals surface area contributed by atoms with Gasteiger partial charge >= 0.3 is 0 Å². The normalized spacial score (nSPS) is 29.1. The second-order valence-corrected chi connectivity index (χ2v) is 17.3. The number of aliphatic hydroxyl groups is 1. The van der Waals surface area contributed by atoms with Crippen LogP contribution in [0.25, 0.3) is 11.1 Å². The molecule has 3 aliphatic rings. The zero-order valence-electron chi connectivity index (χ0n) is 27.5. The van der Waals surface area contributed by atoms with Crippen LogP contribution in [0.3, 0.4) is 0 Å². The fourth-order valence-electron chi connectivity index (χ4n) is 8.36. The van der Waals surface area contributed by atoms with Crippen LogP contribution in [0.15, 0.2) is 72.8 Å². The average molecular weight is 700 g/mol. The summed E-state index contributed by atoms with van der Waals surface area (Å²) in [6.45, 7) is 11.7. The maximum atomic E-state index is 12.1. The molecular weight excluding hydrogens is 655 g/mol. The molecule has 2 N–H and O–H groups in total. The molecule has 6 nitrogen and oxygen atoms in total. The minimum Gasteiger partial charge on any atom is -0.392 e. The molecule has 6 rings (SSSR count). The zero-order chi connectivity index (χ0) is 33.6. The molecule has 2 unspecified atom stereocenters. The van der Waals surface area contributed by atoms with Crippen molar-refractivity contribution in [3.05, 3.63) is 95.1 Å². The Kier molecular flexibility index (Phi) is 10.1. The number of nitrogens with one attached hydrogen (secondary N) is 1. The van der Waals surface area contributed by atoms with E-state index in [0.29, 0.717) is 16.9 Å². The van der Waals surface area contributed by atoms with Crippen molar-refractivity contribution < 1.29 is 19.4 Å². The van der Waals surface area contributed by atoms with Crippen molar-refractivity contribution in [2.45, 2.75) is 88.4 Å². The Balaban J connectivity index is 1.26. The fraction of sp³-hybridized carbons (Fsp3) is 0.500. The molecule has 1 saturated carbocycles. The summed E-state index contributed by atoms with van der Waals surface area (Å²) in [5.74, 6) is -0.545. The number of ether oxygens (including phenoxy) is 2. The maximum Gasteiger partial charge on any atom is 0.272 e. The van der Waals surface area contributed by atoms with Gasteiger partial charge in [0.05, 0.1) is 18.8 Å². The Morgan fingerprint density at radius 1 is 0.936 bits per heavy atom. The average Bonchev–Trinajstić information content (AvgIpc) is 3.27. The quantitative estimate of drug-likeness (QED) is 0.231. The molecule has 2 heterocycles. The van der Waals surface area contributed by atoms with Crippen LogP contribution in [0.2, 0.25) is 0 Å². The van der Waals surface area contributed by atoms with Gasteiger partial charge in [-0.1, -0.05) is 123 Å². The van der Waals surface area contributed by atoms with Gasteiger partial charge in [-0.15, -0.1) is 0 Å². The third-order valence-corrected chi connectivity index (χ3v) is 10.7. The summed E-state index contributed by atoms with van der Waals surface area (Å²) in [5.41, 5.74) is 6.47. The van der Waals surface area contributed by atoms with E-state index in [0.717, 1.165) is 46.5 Å². The van der Waals surface area contributed by atoms with Gasteiger partial charge in [-0.3, -0.25) is 9.69 Å². The largest absolute Gasteiger partial charge is 0.392 e. The standard InChI is InChI=1S/C38H45Cl3N2O4/c1-24-32(20-43-23-37(4)18-31(43)17-36(2,3)22-37)46-34(47-33(24)27-13-11-25(21-44)12-14-27)30-10-6-9-29(16-30)28-8-5-7-26(15-28)19-42-35(45)38(39,40)41/h5-16,24,31-34,44H,17-23H2,1-4H3,(H,42,45)/t24-,31?,32+,33+,34+,37?/m0/s1. The Hall–Kier alpha value is -2.16. The number of aliphatic hydroxyl groups excluding tert-OH is 1. The van der Waals surface area contributed by atoms with Gasteiger partial charge in [-0.25, -0.2) is 0 Å². The van der Waals surface area contributed by atoms with Crippen molar-refractivity contribution in [2.24, 2.45) is 16.7 Å². The molecule has 47 heavy (non-hydrogen) atoms. The highest BCUT2D eigenvalue weighted by Crippen LogP contribution is 2.53. The summed E-state index contributed by atoms with van der Waals surface area (Å²) in [6.07, 6.45) is 2.96. The van der Waals surface area contributed by atoms with Gasteiger partial charge < -0.3 is 19.9 Å². The van der Waals surface area contributed by atoms with Gasteiger partial charge in [0.15, 0.2) is 6.29 Å². The van der Waals surface area contributed by atoms with Crippen molar-refractivity contribution in [1.29, 1.82) is 0 Å². The summed E-state index contributed by atoms with van der Waals surface area (Å²) in [7, 11) is 0. The highest BCUT2D eigenvalue weighted by molar-refractivity contribution is 6.76. The molecule has 2 saturated heterocycles. The lowest BCUT2D eigenvalue weighted by Crippen LogP contribution is -2.46. The number of carbonyl (C=O) groups is 1. The first kappa shape index (κ1) is 34.7. The number of amides is 1. The molecule has 0 radical (unpaired) electrons. The molecule has 2 aliphatic heterocycles. The van der Waals surface area contributed by atoms with Crippen molar-refractivity contribution in [3.8, 4) is 11.1 Å². The van der Waals surface area contributed by atoms with E-state index in [1.165, 1.54) is 19.3 Å². The number of carbonyl (C=O) groups excluding carboxylic acids is 1. The number of hydrogen-bond acceptors (Lipinski definition) is 5. The first-order valence-electron chi connectivity index (χ1n) is 16.5. The summed E-state index contributed by atoms with van der Waals surface area (Å²) < 4.78 is 11.7. The van der Waals surface area contributed by atoms with E-state index in [9.17, 15) is 9.90 Å². The Bertz CT molecular complexity index is 1580. The number of fused-ring (bicyclic) bond motifs is 2. The van der Waals surface area contributed by atoms with Crippen LogP contribution in [0, 0.1) is 16.7 Å². The molecule has 0 spiro atoms. The Morgan fingerprint density at radius 3 is 2.34 bits per heavy atom. The number of benzene rings is 3.